The molecule has 0 bridgehead atoms. The number of rotatable bonds is 8. The van der Waals surface area contributed by atoms with Gasteiger partial charge < -0.3 is 15.4 Å². The summed E-state index contributed by atoms with van der Waals surface area (Å²) in [5, 5.41) is 5.23. The van der Waals surface area contributed by atoms with Crippen molar-refractivity contribution in [2.75, 3.05) is 38.2 Å². The molecule has 0 aromatic heterocycles. The Morgan fingerprint density at radius 3 is 2.38 bits per heavy atom. The number of nitrogens with zero attached hydrogens (tertiary/aromatic N) is 2. The van der Waals surface area contributed by atoms with E-state index in [0.29, 0.717) is 44.8 Å². The molecular formula is C23H26N4O6S. The van der Waals surface area contributed by atoms with Crippen molar-refractivity contribution in [1.82, 2.24) is 14.5 Å². The maximum atomic E-state index is 12.7. The van der Waals surface area contributed by atoms with Crippen molar-refractivity contribution in [3.63, 3.8) is 0 Å². The summed E-state index contributed by atoms with van der Waals surface area (Å²) < 4.78 is 31.9. The number of hydrogen-bond acceptors (Lipinski definition) is 6. The molecule has 2 aliphatic heterocycles. The van der Waals surface area contributed by atoms with Crippen molar-refractivity contribution < 1.29 is 27.5 Å². The Balaban J connectivity index is 1.31. The first-order valence-electron chi connectivity index (χ1n) is 11.0. The Labute approximate surface area is 197 Å². The maximum Gasteiger partial charge on any atom is 0.325 e. The number of aryl methyl sites for hydroxylation is 1. The Hall–Kier alpha value is -3.28. The van der Waals surface area contributed by atoms with Gasteiger partial charge in [0.05, 0.1) is 18.1 Å². The third kappa shape index (κ3) is 5.44. The summed E-state index contributed by atoms with van der Waals surface area (Å²) in [5.41, 5.74) is 1.42. The number of benzene rings is 2. The highest BCUT2D eigenvalue weighted by Gasteiger charge is 2.38. The monoisotopic (exact) mass is 486 g/mol. The van der Waals surface area contributed by atoms with Gasteiger partial charge in [0.1, 0.15) is 12.6 Å². The Morgan fingerprint density at radius 2 is 1.71 bits per heavy atom. The van der Waals surface area contributed by atoms with Crippen LogP contribution < -0.4 is 10.6 Å². The SMILES string of the molecule is O=C(CN1C(=O)N[C@H](CCc2ccccc2)C1=O)Nc1ccc(S(=O)(=O)N2CCOCC2)cc1. The molecule has 2 heterocycles. The molecule has 0 saturated carbocycles. The number of carbonyl (C=O) groups excluding carboxylic acids is 3. The number of nitrogens with one attached hydrogen (secondary N) is 2. The van der Waals surface area contributed by atoms with Crippen LogP contribution in [0.5, 0.6) is 0 Å². The predicted molar refractivity (Wildman–Crippen MR) is 123 cm³/mol. The summed E-state index contributed by atoms with van der Waals surface area (Å²) in [6.45, 7) is 0.852. The van der Waals surface area contributed by atoms with Crippen LogP contribution in [0, 0.1) is 0 Å². The number of imide groups is 1. The first-order chi connectivity index (χ1) is 16.3. The van der Waals surface area contributed by atoms with Gasteiger partial charge in [-0.1, -0.05) is 30.3 Å². The van der Waals surface area contributed by atoms with Gasteiger partial charge in [0.25, 0.3) is 5.91 Å². The van der Waals surface area contributed by atoms with Gasteiger partial charge in [0, 0.05) is 18.8 Å². The molecule has 180 valence electrons. The number of ether oxygens (including phenoxy) is 1. The Bertz CT molecular complexity index is 1150. The normalized spacial score (nSPS) is 19.2. The molecule has 0 aliphatic carbocycles. The van der Waals surface area contributed by atoms with Gasteiger partial charge >= 0.3 is 6.03 Å². The Morgan fingerprint density at radius 1 is 1.03 bits per heavy atom. The molecule has 4 rings (SSSR count). The van der Waals surface area contributed by atoms with Crippen LogP contribution >= 0.6 is 0 Å². The lowest BCUT2D eigenvalue weighted by Gasteiger charge is -2.26. The van der Waals surface area contributed by atoms with E-state index in [1.54, 1.807) is 0 Å². The summed E-state index contributed by atoms with van der Waals surface area (Å²) in [6.07, 6.45) is 1.06. The van der Waals surface area contributed by atoms with E-state index in [-0.39, 0.29) is 4.90 Å². The van der Waals surface area contributed by atoms with Gasteiger partial charge in [-0.3, -0.25) is 14.5 Å². The maximum absolute atomic E-state index is 12.7. The molecule has 2 N–H and O–H groups in total. The number of sulfonamides is 1. The largest absolute Gasteiger partial charge is 0.379 e. The third-order valence-electron chi connectivity index (χ3n) is 5.72. The topological polar surface area (TPSA) is 125 Å². The van der Waals surface area contributed by atoms with Gasteiger partial charge in [0.15, 0.2) is 0 Å². The highest BCUT2D eigenvalue weighted by atomic mass is 32.2. The quantitative estimate of drug-likeness (QED) is 0.540. The van der Waals surface area contributed by atoms with Crippen LogP contribution in [0.1, 0.15) is 12.0 Å². The first-order valence-corrected chi connectivity index (χ1v) is 12.4. The number of urea groups is 1. The van der Waals surface area contributed by atoms with Crippen LogP contribution in [0.2, 0.25) is 0 Å². The standard InChI is InChI=1S/C23H26N4O6S/c28-21(16-27-22(29)20(25-23(27)30)11-6-17-4-2-1-3-5-17)24-18-7-9-19(10-8-18)34(31,32)26-12-14-33-15-13-26/h1-5,7-10,20H,6,11-16H2,(H,24,28)(H,25,30)/t20-/m1/s1. The smallest absolute Gasteiger partial charge is 0.325 e. The van der Waals surface area contributed by atoms with E-state index in [1.165, 1.54) is 28.6 Å². The van der Waals surface area contributed by atoms with E-state index >= 15 is 0 Å². The highest BCUT2D eigenvalue weighted by molar-refractivity contribution is 7.89. The van der Waals surface area contributed by atoms with Crippen molar-refractivity contribution in [1.29, 1.82) is 0 Å². The molecule has 0 spiro atoms. The fraction of sp³-hybridized carbons (Fsp3) is 0.348. The van der Waals surface area contributed by atoms with Gasteiger partial charge in [0.2, 0.25) is 15.9 Å². The molecule has 10 nitrogen and oxygen atoms in total. The second-order valence-corrected chi connectivity index (χ2v) is 9.98. The summed E-state index contributed by atoms with van der Waals surface area (Å²) >= 11 is 0. The number of morpholine rings is 1. The highest BCUT2D eigenvalue weighted by Crippen LogP contribution is 2.20. The second kappa shape index (κ2) is 10.3. The predicted octanol–water partition coefficient (Wildman–Crippen LogP) is 1.20. The zero-order valence-electron chi connectivity index (χ0n) is 18.5. The Kier molecular flexibility index (Phi) is 7.25. The van der Waals surface area contributed by atoms with E-state index < -0.39 is 40.5 Å². The number of hydrogen-bond donors (Lipinski definition) is 2. The van der Waals surface area contributed by atoms with Gasteiger partial charge in [-0.15, -0.1) is 0 Å². The van der Waals surface area contributed by atoms with Gasteiger partial charge in [-0.2, -0.15) is 4.31 Å². The van der Waals surface area contributed by atoms with Crippen molar-refractivity contribution in [2.45, 2.75) is 23.8 Å². The molecule has 0 unspecified atom stereocenters. The molecule has 2 aromatic rings. The molecule has 34 heavy (non-hydrogen) atoms. The summed E-state index contributed by atoms with van der Waals surface area (Å²) in [5.74, 6) is -1.00. The number of anilines is 1. The van der Waals surface area contributed by atoms with Crippen LogP contribution in [0.3, 0.4) is 0 Å². The molecule has 2 aromatic carbocycles. The van der Waals surface area contributed by atoms with Crippen molar-refractivity contribution >= 4 is 33.6 Å². The van der Waals surface area contributed by atoms with Gasteiger partial charge in [-0.05, 0) is 42.7 Å². The van der Waals surface area contributed by atoms with Crippen molar-refractivity contribution in [3.05, 3.63) is 60.2 Å². The minimum absolute atomic E-state index is 0.114. The first kappa shape index (κ1) is 23.9. The lowest BCUT2D eigenvalue weighted by molar-refractivity contribution is -0.130. The van der Waals surface area contributed by atoms with Gasteiger partial charge in [-0.25, -0.2) is 13.2 Å². The van der Waals surface area contributed by atoms with Crippen molar-refractivity contribution in [2.24, 2.45) is 0 Å². The lowest BCUT2D eigenvalue weighted by Crippen LogP contribution is -2.40. The summed E-state index contributed by atoms with van der Waals surface area (Å²) in [6, 6.07) is 14.1. The third-order valence-corrected chi connectivity index (χ3v) is 7.63. The molecule has 4 amide bonds. The van der Waals surface area contributed by atoms with E-state index in [4.69, 9.17) is 4.74 Å². The minimum atomic E-state index is -3.64. The zero-order chi connectivity index (χ0) is 24.1. The molecule has 2 fully saturated rings. The summed E-state index contributed by atoms with van der Waals surface area (Å²) in [7, 11) is -3.64. The average molecular weight is 487 g/mol. The number of amides is 4. The minimum Gasteiger partial charge on any atom is -0.379 e. The fourth-order valence-electron chi connectivity index (χ4n) is 3.87. The summed E-state index contributed by atoms with van der Waals surface area (Å²) in [4.78, 5) is 38.3. The fourth-order valence-corrected chi connectivity index (χ4v) is 5.28. The number of carbonyl (C=O) groups is 3. The lowest BCUT2D eigenvalue weighted by atomic mass is 10.1. The van der Waals surface area contributed by atoms with Crippen LogP contribution in [0.25, 0.3) is 0 Å². The van der Waals surface area contributed by atoms with Crippen LogP contribution in [0.15, 0.2) is 59.5 Å². The van der Waals surface area contributed by atoms with Crippen molar-refractivity contribution in [3.8, 4) is 0 Å². The molecule has 0 radical (unpaired) electrons. The molecule has 2 saturated heterocycles. The molecule has 1 atom stereocenters. The van der Waals surface area contributed by atoms with E-state index in [0.717, 1.165) is 10.5 Å². The van der Waals surface area contributed by atoms with Crippen LogP contribution in [-0.4, -0.2) is 74.4 Å². The molecule has 11 heteroatoms. The van der Waals surface area contributed by atoms with Crippen LogP contribution in [-0.2, 0) is 30.8 Å². The molecule has 2 aliphatic rings. The van der Waals surface area contributed by atoms with E-state index in [9.17, 15) is 22.8 Å². The molecular weight excluding hydrogens is 460 g/mol. The average Bonchev–Trinajstić information content (AvgIpc) is 3.11. The second-order valence-electron chi connectivity index (χ2n) is 8.04. The zero-order valence-corrected chi connectivity index (χ0v) is 19.3. The van der Waals surface area contributed by atoms with Crippen LogP contribution in [0.4, 0.5) is 10.5 Å². The van der Waals surface area contributed by atoms with E-state index in [2.05, 4.69) is 10.6 Å². The van der Waals surface area contributed by atoms with E-state index in [1.807, 2.05) is 30.3 Å².